The lowest BCUT2D eigenvalue weighted by Crippen LogP contribution is -2.29. The summed E-state index contributed by atoms with van der Waals surface area (Å²) < 4.78 is 14.4. The second-order valence-electron chi connectivity index (χ2n) is 7.52. The Bertz CT molecular complexity index is 1410. The monoisotopic (exact) mass is 479 g/mol. The van der Waals surface area contributed by atoms with E-state index >= 15 is 0 Å². The van der Waals surface area contributed by atoms with Gasteiger partial charge in [-0.15, -0.1) is 0 Å². The number of aromatic nitrogens is 2. The van der Waals surface area contributed by atoms with Crippen molar-refractivity contribution in [3.05, 3.63) is 94.0 Å². The number of aliphatic hydroxyl groups excluding tert-OH is 1. The lowest BCUT2D eigenvalue weighted by atomic mass is 9.98. The minimum absolute atomic E-state index is 0.0916. The van der Waals surface area contributed by atoms with Gasteiger partial charge in [-0.3, -0.25) is 19.5 Å². The third kappa shape index (κ3) is 3.57. The van der Waals surface area contributed by atoms with Crippen LogP contribution in [0.25, 0.3) is 16.0 Å². The van der Waals surface area contributed by atoms with Gasteiger partial charge in [-0.25, -0.2) is 9.37 Å². The van der Waals surface area contributed by atoms with Gasteiger partial charge >= 0.3 is 5.91 Å². The summed E-state index contributed by atoms with van der Waals surface area (Å²) >= 11 is 6.93. The van der Waals surface area contributed by atoms with E-state index in [2.05, 4.69) is 9.97 Å². The highest BCUT2D eigenvalue weighted by Crippen LogP contribution is 2.44. The van der Waals surface area contributed by atoms with E-state index in [1.165, 1.54) is 23.2 Å². The maximum atomic E-state index is 14.0. The fourth-order valence-electron chi connectivity index (χ4n) is 3.73. The van der Waals surface area contributed by atoms with Crippen LogP contribution in [0.5, 0.6) is 0 Å². The number of rotatable bonds is 3. The van der Waals surface area contributed by atoms with Crippen LogP contribution in [0.15, 0.2) is 66.4 Å². The van der Waals surface area contributed by atoms with Gasteiger partial charge in [-0.2, -0.15) is 0 Å². The zero-order valence-electron chi connectivity index (χ0n) is 17.1. The number of carbonyl (C=O) groups is 2. The molecule has 5 rings (SSSR count). The van der Waals surface area contributed by atoms with Crippen LogP contribution in [-0.4, -0.2) is 26.8 Å². The first kappa shape index (κ1) is 21.2. The van der Waals surface area contributed by atoms with E-state index < -0.39 is 23.5 Å². The number of carbonyl (C=O) groups excluding carboxylic acids is 2. The predicted octanol–water partition coefficient (Wildman–Crippen LogP) is 5.42. The van der Waals surface area contributed by atoms with Crippen LogP contribution in [0, 0.1) is 12.7 Å². The van der Waals surface area contributed by atoms with Crippen LogP contribution in [-0.2, 0) is 9.59 Å². The van der Waals surface area contributed by atoms with Crippen molar-refractivity contribution in [2.24, 2.45) is 0 Å². The fraction of sp³-hybridized carbons (Fsp3) is 0.0833. The molecule has 1 aliphatic heterocycles. The Balaban J connectivity index is 1.72. The van der Waals surface area contributed by atoms with Gasteiger partial charge in [0.1, 0.15) is 17.6 Å². The van der Waals surface area contributed by atoms with Gasteiger partial charge in [0.2, 0.25) is 0 Å². The van der Waals surface area contributed by atoms with Crippen molar-refractivity contribution in [3.8, 4) is 0 Å². The molecule has 1 N–H and O–H groups in total. The molecular formula is C24H15ClFN3O3S. The predicted molar refractivity (Wildman–Crippen MR) is 125 cm³/mol. The Labute approximate surface area is 196 Å². The van der Waals surface area contributed by atoms with E-state index in [1.807, 2.05) is 6.92 Å². The molecule has 2 aromatic heterocycles. The van der Waals surface area contributed by atoms with Crippen LogP contribution in [0.2, 0.25) is 5.02 Å². The molecule has 1 atom stereocenters. The molecule has 3 heterocycles. The van der Waals surface area contributed by atoms with E-state index in [0.29, 0.717) is 21.5 Å². The normalized spacial score (nSPS) is 17.8. The van der Waals surface area contributed by atoms with Crippen LogP contribution >= 0.6 is 22.9 Å². The Kier molecular flexibility index (Phi) is 5.19. The molecular weight excluding hydrogens is 465 g/mol. The molecule has 1 aliphatic rings. The lowest BCUT2D eigenvalue weighted by molar-refractivity contribution is -0.132. The summed E-state index contributed by atoms with van der Waals surface area (Å²) in [6.45, 7) is 1.90. The zero-order chi connectivity index (χ0) is 23.3. The summed E-state index contributed by atoms with van der Waals surface area (Å²) in [4.78, 5) is 36.3. The summed E-state index contributed by atoms with van der Waals surface area (Å²) in [5.41, 5.74) is 2.06. The number of amides is 1. The van der Waals surface area contributed by atoms with Crippen LogP contribution in [0.3, 0.4) is 0 Å². The summed E-state index contributed by atoms with van der Waals surface area (Å²) in [5.74, 6) is -2.62. The molecule has 0 saturated carbocycles. The Morgan fingerprint density at radius 2 is 1.91 bits per heavy atom. The standard InChI is InChI=1S/C24H15ClFN3O3S/c1-12-5-7-13(8-6-12)21(30)19-20(16-4-2-3-9-27-16)29(23(32)22(19)31)24-28-17-10-14(25)15(26)11-18(17)33-24/h2-11,20,30H,1H3/b21-19+. The molecule has 1 unspecified atom stereocenters. The molecule has 164 valence electrons. The van der Waals surface area contributed by atoms with Crippen molar-refractivity contribution in [2.75, 3.05) is 4.90 Å². The van der Waals surface area contributed by atoms with Gasteiger partial charge in [0.15, 0.2) is 5.13 Å². The second-order valence-corrected chi connectivity index (χ2v) is 8.94. The summed E-state index contributed by atoms with van der Waals surface area (Å²) in [7, 11) is 0. The largest absolute Gasteiger partial charge is 0.507 e. The molecule has 1 fully saturated rings. The third-order valence-electron chi connectivity index (χ3n) is 5.36. The number of ketones is 1. The van der Waals surface area contributed by atoms with Crippen molar-refractivity contribution in [3.63, 3.8) is 0 Å². The van der Waals surface area contributed by atoms with Gasteiger partial charge in [-0.05, 0) is 31.2 Å². The average molecular weight is 480 g/mol. The van der Waals surface area contributed by atoms with Crippen LogP contribution in [0.4, 0.5) is 9.52 Å². The first-order valence-electron chi connectivity index (χ1n) is 9.89. The van der Waals surface area contributed by atoms with Gasteiger partial charge in [0.05, 0.1) is 26.5 Å². The molecule has 0 radical (unpaired) electrons. The molecule has 33 heavy (non-hydrogen) atoms. The summed E-state index contributed by atoms with van der Waals surface area (Å²) in [5, 5.41) is 11.2. The summed E-state index contributed by atoms with van der Waals surface area (Å²) in [6, 6.07) is 13.6. The number of hydrogen-bond acceptors (Lipinski definition) is 6. The number of Topliss-reactive ketones (excluding diaryl/α,β-unsaturated/α-hetero) is 1. The molecule has 0 bridgehead atoms. The summed E-state index contributed by atoms with van der Waals surface area (Å²) in [6.07, 6.45) is 1.54. The van der Waals surface area contributed by atoms with E-state index in [9.17, 15) is 19.1 Å². The second kappa shape index (κ2) is 8.06. The van der Waals surface area contributed by atoms with E-state index in [1.54, 1.807) is 42.5 Å². The minimum Gasteiger partial charge on any atom is -0.507 e. The zero-order valence-corrected chi connectivity index (χ0v) is 18.7. The number of pyridine rings is 1. The Hall–Kier alpha value is -3.62. The van der Waals surface area contributed by atoms with Crippen molar-refractivity contribution < 1.29 is 19.1 Å². The average Bonchev–Trinajstić information content (AvgIpc) is 3.32. The minimum atomic E-state index is -1.01. The van der Waals surface area contributed by atoms with Crippen molar-refractivity contribution in [1.29, 1.82) is 0 Å². The molecule has 0 aliphatic carbocycles. The molecule has 0 spiro atoms. The SMILES string of the molecule is Cc1ccc(/C(O)=C2\C(=O)C(=O)N(c3nc4cc(Cl)c(F)cc4s3)C2c2ccccn2)cc1. The molecule has 9 heteroatoms. The molecule has 6 nitrogen and oxygen atoms in total. The Morgan fingerprint density at radius 3 is 2.61 bits per heavy atom. The maximum absolute atomic E-state index is 14.0. The molecule has 4 aromatic rings. The number of hydrogen-bond donors (Lipinski definition) is 1. The number of fused-ring (bicyclic) bond motifs is 1. The lowest BCUT2D eigenvalue weighted by Gasteiger charge is -2.21. The first-order valence-corrected chi connectivity index (χ1v) is 11.1. The Morgan fingerprint density at radius 1 is 1.15 bits per heavy atom. The number of aliphatic hydroxyl groups is 1. The fourth-order valence-corrected chi connectivity index (χ4v) is 4.89. The number of thiazole rings is 1. The molecule has 1 saturated heterocycles. The van der Waals surface area contributed by atoms with Crippen molar-refractivity contribution in [2.45, 2.75) is 13.0 Å². The number of benzene rings is 2. The maximum Gasteiger partial charge on any atom is 0.301 e. The van der Waals surface area contributed by atoms with Crippen LogP contribution < -0.4 is 4.90 Å². The molecule has 2 aromatic carbocycles. The smallest absolute Gasteiger partial charge is 0.301 e. The topological polar surface area (TPSA) is 83.4 Å². The number of aryl methyl sites for hydroxylation is 1. The highest BCUT2D eigenvalue weighted by atomic mass is 35.5. The van der Waals surface area contributed by atoms with E-state index in [0.717, 1.165) is 16.9 Å². The number of anilines is 1. The van der Waals surface area contributed by atoms with Crippen molar-refractivity contribution in [1.82, 2.24) is 9.97 Å². The highest BCUT2D eigenvalue weighted by Gasteiger charge is 2.48. The van der Waals surface area contributed by atoms with Gasteiger partial charge in [0, 0.05) is 11.8 Å². The third-order valence-corrected chi connectivity index (χ3v) is 6.67. The van der Waals surface area contributed by atoms with Gasteiger partial charge in [0.25, 0.3) is 5.78 Å². The number of nitrogens with zero attached hydrogens (tertiary/aromatic N) is 3. The van der Waals surface area contributed by atoms with Crippen molar-refractivity contribution >= 4 is 55.7 Å². The molecule has 1 amide bonds. The quantitative estimate of drug-likeness (QED) is 0.241. The van der Waals surface area contributed by atoms with Gasteiger partial charge in [-0.1, -0.05) is 58.8 Å². The van der Waals surface area contributed by atoms with Crippen LogP contribution in [0.1, 0.15) is 22.9 Å². The van der Waals surface area contributed by atoms with Gasteiger partial charge < -0.3 is 5.11 Å². The number of halogens is 2. The van der Waals surface area contributed by atoms with E-state index in [4.69, 9.17) is 11.6 Å². The first-order chi connectivity index (χ1) is 15.8. The van der Waals surface area contributed by atoms with E-state index in [-0.39, 0.29) is 21.5 Å². The highest BCUT2D eigenvalue weighted by molar-refractivity contribution is 7.22.